The SMILES string of the molecule is COC(C)c1cccc(NC(=O)N(C)CCO)c1. The second-order valence-corrected chi connectivity index (χ2v) is 4.08. The fourth-order valence-corrected chi connectivity index (χ4v) is 1.48. The first-order valence-electron chi connectivity index (χ1n) is 5.84. The number of rotatable bonds is 5. The maximum absolute atomic E-state index is 11.7. The third-order valence-electron chi connectivity index (χ3n) is 2.74. The van der Waals surface area contributed by atoms with Crippen LogP contribution in [0.4, 0.5) is 10.5 Å². The Morgan fingerprint density at radius 1 is 1.56 bits per heavy atom. The molecule has 1 aromatic rings. The molecule has 1 aromatic carbocycles. The van der Waals surface area contributed by atoms with Crippen LogP contribution in [-0.4, -0.2) is 43.3 Å². The van der Waals surface area contributed by atoms with E-state index < -0.39 is 0 Å². The molecular weight excluding hydrogens is 232 g/mol. The van der Waals surface area contributed by atoms with Gasteiger partial charge in [0.1, 0.15) is 0 Å². The molecule has 1 rings (SSSR count). The second-order valence-electron chi connectivity index (χ2n) is 4.08. The van der Waals surface area contributed by atoms with Gasteiger partial charge in [0, 0.05) is 26.4 Å². The van der Waals surface area contributed by atoms with Gasteiger partial charge in [0.2, 0.25) is 0 Å². The average Bonchev–Trinajstić information content (AvgIpc) is 2.38. The van der Waals surface area contributed by atoms with Crippen LogP contribution in [0.1, 0.15) is 18.6 Å². The Balaban J connectivity index is 2.70. The van der Waals surface area contributed by atoms with Crippen LogP contribution in [0, 0.1) is 0 Å². The zero-order chi connectivity index (χ0) is 13.5. The molecule has 0 aliphatic carbocycles. The summed E-state index contributed by atoms with van der Waals surface area (Å²) in [5, 5.41) is 11.5. The Kier molecular flexibility index (Phi) is 5.61. The number of nitrogens with one attached hydrogen (secondary N) is 1. The normalized spacial score (nSPS) is 12.0. The highest BCUT2D eigenvalue weighted by atomic mass is 16.5. The molecule has 5 nitrogen and oxygen atoms in total. The van der Waals surface area contributed by atoms with Crippen molar-refractivity contribution in [2.24, 2.45) is 0 Å². The van der Waals surface area contributed by atoms with E-state index in [2.05, 4.69) is 5.32 Å². The Morgan fingerprint density at radius 3 is 2.89 bits per heavy atom. The van der Waals surface area contributed by atoms with Gasteiger partial charge >= 0.3 is 6.03 Å². The minimum absolute atomic E-state index is 0.0166. The number of nitrogens with zero attached hydrogens (tertiary/aromatic N) is 1. The second kappa shape index (κ2) is 6.98. The summed E-state index contributed by atoms with van der Waals surface area (Å²) in [5.74, 6) is 0. The van der Waals surface area contributed by atoms with E-state index in [0.29, 0.717) is 12.2 Å². The van der Waals surface area contributed by atoms with E-state index in [1.165, 1.54) is 4.90 Å². The summed E-state index contributed by atoms with van der Waals surface area (Å²) >= 11 is 0. The van der Waals surface area contributed by atoms with Crippen LogP contribution in [0.3, 0.4) is 0 Å². The summed E-state index contributed by atoms with van der Waals surface area (Å²) in [4.78, 5) is 13.1. The Labute approximate surface area is 107 Å². The van der Waals surface area contributed by atoms with Gasteiger partial charge in [-0.3, -0.25) is 0 Å². The molecule has 0 saturated carbocycles. The topological polar surface area (TPSA) is 61.8 Å². The molecule has 0 aliphatic heterocycles. The molecule has 0 heterocycles. The molecule has 0 bridgehead atoms. The lowest BCUT2D eigenvalue weighted by atomic mass is 10.1. The van der Waals surface area contributed by atoms with E-state index in [0.717, 1.165) is 5.56 Å². The van der Waals surface area contributed by atoms with Crippen LogP contribution in [-0.2, 0) is 4.74 Å². The molecule has 2 N–H and O–H groups in total. The average molecular weight is 252 g/mol. The first kappa shape index (κ1) is 14.5. The number of carbonyl (C=O) groups excluding carboxylic acids is 1. The minimum atomic E-state index is -0.244. The summed E-state index contributed by atoms with van der Waals surface area (Å²) < 4.78 is 5.23. The number of urea groups is 1. The highest BCUT2D eigenvalue weighted by Gasteiger charge is 2.09. The van der Waals surface area contributed by atoms with Crippen LogP contribution in [0.5, 0.6) is 0 Å². The quantitative estimate of drug-likeness (QED) is 0.840. The molecule has 0 fully saturated rings. The van der Waals surface area contributed by atoms with E-state index in [1.807, 2.05) is 31.2 Å². The molecule has 2 amide bonds. The molecule has 0 aromatic heterocycles. The van der Waals surface area contributed by atoms with Gasteiger partial charge in [-0.25, -0.2) is 4.79 Å². The first-order chi connectivity index (χ1) is 8.58. The van der Waals surface area contributed by atoms with Crippen molar-refractivity contribution in [2.75, 3.05) is 32.6 Å². The van der Waals surface area contributed by atoms with E-state index in [4.69, 9.17) is 9.84 Å². The zero-order valence-corrected chi connectivity index (χ0v) is 11.0. The van der Waals surface area contributed by atoms with Crippen molar-refractivity contribution in [1.82, 2.24) is 4.90 Å². The third-order valence-corrected chi connectivity index (χ3v) is 2.74. The van der Waals surface area contributed by atoms with Crippen LogP contribution >= 0.6 is 0 Å². The number of hydrogen-bond acceptors (Lipinski definition) is 3. The molecule has 0 radical (unpaired) electrons. The number of likely N-dealkylation sites (N-methyl/N-ethyl adjacent to an activating group) is 1. The largest absolute Gasteiger partial charge is 0.395 e. The Morgan fingerprint density at radius 2 is 2.28 bits per heavy atom. The van der Waals surface area contributed by atoms with Crippen LogP contribution in [0.25, 0.3) is 0 Å². The highest BCUT2D eigenvalue weighted by molar-refractivity contribution is 5.89. The Bertz CT molecular complexity index is 396. The van der Waals surface area contributed by atoms with Crippen molar-refractivity contribution in [3.8, 4) is 0 Å². The zero-order valence-electron chi connectivity index (χ0n) is 11.0. The molecule has 1 atom stereocenters. The number of amides is 2. The van der Waals surface area contributed by atoms with Gasteiger partial charge in [-0.2, -0.15) is 0 Å². The van der Waals surface area contributed by atoms with Gasteiger partial charge in [0.05, 0.1) is 12.7 Å². The van der Waals surface area contributed by atoms with E-state index in [-0.39, 0.29) is 18.7 Å². The minimum Gasteiger partial charge on any atom is -0.395 e. The summed E-state index contributed by atoms with van der Waals surface area (Å²) in [6.07, 6.45) is -0.0166. The lowest BCUT2D eigenvalue weighted by Crippen LogP contribution is -2.33. The molecule has 18 heavy (non-hydrogen) atoms. The number of benzene rings is 1. The molecule has 0 aliphatic rings. The Hall–Kier alpha value is -1.59. The molecule has 5 heteroatoms. The van der Waals surface area contributed by atoms with E-state index in [1.54, 1.807) is 14.2 Å². The maximum Gasteiger partial charge on any atom is 0.321 e. The van der Waals surface area contributed by atoms with Crippen LogP contribution in [0.15, 0.2) is 24.3 Å². The van der Waals surface area contributed by atoms with E-state index >= 15 is 0 Å². The van der Waals surface area contributed by atoms with Crippen LogP contribution < -0.4 is 5.32 Å². The van der Waals surface area contributed by atoms with Crippen LogP contribution in [0.2, 0.25) is 0 Å². The lowest BCUT2D eigenvalue weighted by molar-refractivity contribution is 0.119. The van der Waals surface area contributed by atoms with Gasteiger partial charge in [0.25, 0.3) is 0 Å². The number of hydrogen-bond donors (Lipinski definition) is 2. The summed E-state index contributed by atoms with van der Waals surface area (Å²) in [5.41, 5.74) is 1.71. The standard InChI is InChI=1S/C13H20N2O3/c1-10(18-3)11-5-4-6-12(9-11)14-13(17)15(2)7-8-16/h4-6,9-10,16H,7-8H2,1-3H3,(H,14,17). The van der Waals surface area contributed by atoms with Crippen molar-refractivity contribution in [1.29, 1.82) is 0 Å². The van der Waals surface area contributed by atoms with Crippen molar-refractivity contribution < 1.29 is 14.6 Å². The van der Waals surface area contributed by atoms with Crippen molar-refractivity contribution in [3.05, 3.63) is 29.8 Å². The number of ether oxygens (including phenoxy) is 1. The van der Waals surface area contributed by atoms with Crippen molar-refractivity contribution in [3.63, 3.8) is 0 Å². The predicted molar refractivity (Wildman–Crippen MR) is 70.6 cm³/mol. The smallest absolute Gasteiger partial charge is 0.321 e. The lowest BCUT2D eigenvalue weighted by Gasteiger charge is -2.17. The highest BCUT2D eigenvalue weighted by Crippen LogP contribution is 2.19. The number of carbonyl (C=O) groups is 1. The molecule has 1 unspecified atom stereocenters. The van der Waals surface area contributed by atoms with Gasteiger partial charge in [-0.15, -0.1) is 0 Å². The molecular formula is C13H20N2O3. The predicted octanol–water partition coefficient (Wildman–Crippen LogP) is 1.85. The monoisotopic (exact) mass is 252 g/mol. The van der Waals surface area contributed by atoms with Crippen molar-refractivity contribution >= 4 is 11.7 Å². The molecule has 0 spiro atoms. The molecule has 0 saturated heterocycles. The van der Waals surface area contributed by atoms with Gasteiger partial charge in [-0.05, 0) is 24.6 Å². The summed E-state index contributed by atoms with van der Waals surface area (Å²) in [7, 11) is 3.28. The maximum atomic E-state index is 11.7. The fourth-order valence-electron chi connectivity index (χ4n) is 1.48. The number of methoxy groups -OCH3 is 1. The summed E-state index contributed by atoms with van der Waals surface area (Å²) in [6, 6.07) is 7.26. The number of aliphatic hydroxyl groups excluding tert-OH is 1. The van der Waals surface area contributed by atoms with E-state index in [9.17, 15) is 4.79 Å². The van der Waals surface area contributed by atoms with Gasteiger partial charge in [-0.1, -0.05) is 12.1 Å². The first-order valence-corrected chi connectivity index (χ1v) is 5.84. The van der Waals surface area contributed by atoms with Gasteiger partial charge < -0.3 is 20.1 Å². The fraction of sp³-hybridized carbons (Fsp3) is 0.462. The number of anilines is 1. The van der Waals surface area contributed by atoms with Gasteiger partial charge in [0.15, 0.2) is 0 Å². The third kappa shape index (κ3) is 4.01. The van der Waals surface area contributed by atoms with Crippen molar-refractivity contribution in [2.45, 2.75) is 13.0 Å². The number of aliphatic hydroxyl groups is 1. The summed E-state index contributed by atoms with van der Waals surface area (Å²) in [6.45, 7) is 2.20. The molecule has 100 valence electrons.